The summed E-state index contributed by atoms with van der Waals surface area (Å²) in [6.07, 6.45) is 5.91. The maximum Gasteiger partial charge on any atom is 0.227 e. The van der Waals surface area contributed by atoms with Crippen molar-refractivity contribution >= 4 is 11.6 Å². The number of fused-ring (bicyclic) bond motifs is 4. The van der Waals surface area contributed by atoms with Gasteiger partial charge in [0.1, 0.15) is 0 Å². The van der Waals surface area contributed by atoms with Crippen LogP contribution in [0.1, 0.15) is 37.8 Å². The van der Waals surface area contributed by atoms with Crippen LogP contribution in [0, 0.1) is 5.92 Å². The van der Waals surface area contributed by atoms with Crippen LogP contribution in [0.5, 0.6) is 0 Å². The molecule has 2 heterocycles. The van der Waals surface area contributed by atoms with Crippen LogP contribution in [0.15, 0.2) is 36.7 Å². The number of benzene rings is 1. The number of amides is 1. The molecule has 22 heavy (non-hydrogen) atoms. The number of nitrogens with one attached hydrogen (secondary N) is 1. The van der Waals surface area contributed by atoms with Gasteiger partial charge in [0.15, 0.2) is 0 Å². The Morgan fingerprint density at radius 3 is 2.91 bits per heavy atom. The minimum absolute atomic E-state index is 0.00659. The van der Waals surface area contributed by atoms with Crippen molar-refractivity contribution in [2.45, 2.75) is 32.2 Å². The van der Waals surface area contributed by atoms with Crippen LogP contribution in [-0.4, -0.2) is 16.1 Å². The van der Waals surface area contributed by atoms with E-state index in [-0.39, 0.29) is 17.9 Å². The fraction of sp³-hybridized carbons (Fsp3) is 0.353. The van der Waals surface area contributed by atoms with Crippen molar-refractivity contribution in [3.63, 3.8) is 0 Å². The lowest BCUT2D eigenvalue weighted by Crippen LogP contribution is -2.22. The zero-order valence-electron chi connectivity index (χ0n) is 12.6. The quantitative estimate of drug-likeness (QED) is 0.783. The fourth-order valence-corrected chi connectivity index (χ4v) is 2.79. The van der Waals surface area contributed by atoms with Crippen molar-refractivity contribution in [3.05, 3.63) is 42.2 Å². The standard InChI is InChI=1S/C17H20N4O/c1-11-4-2-7-15(18)13-6-3-5-12(8-13)14-9-19-20-10-16(14)21-17(11)22/h3,5-6,8-11,15H,2,4,7,18H2,1H3,(H,21,22)/t11-,15+/m1/s1. The molecule has 2 bridgehead atoms. The summed E-state index contributed by atoms with van der Waals surface area (Å²) in [7, 11) is 0. The van der Waals surface area contributed by atoms with E-state index in [4.69, 9.17) is 5.73 Å². The molecule has 1 aromatic carbocycles. The van der Waals surface area contributed by atoms with Crippen molar-refractivity contribution in [1.29, 1.82) is 0 Å². The molecule has 0 saturated heterocycles. The van der Waals surface area contributed by atoms with Gasteiger partial charge in [-0.05, 0) is 30.0 Å². The molecule has 0 spiro atoms. The summed E-state index contributed by atoms with van der Waals surface area (Å²) in [6.45, 7) is 1.94. The Bertz CT molecular complexity index is 686. The van der Waals surface area contributed by atoms with Gasteiger partial charge in [-0.1, -0.05) is 31.5 Å². The van der Waals surface area contributed by atoms with Gasteiger partial charge in [0.25, 0.3) is 0 Å². The molecule has 0 radical (unpaired) electrons. The van der Waals surface area contributed by atoms with Crippen molar-refractivity contribution in [3.8, 4) is 11.1 Å². The van der Waals surface area contributed by atoms with E-state index >= 15 is 0 Å². The van der Waals surface area contributed by atoms with E-state index < -0.39 is 0 Å². The van der Waals surface area contributed by atoms with Crippen LogP contribution < -0.4 is 11.1 Å². The van der Waals surface area contributed by atoms with Crippen molar-refractivity contribution < 1.29 is 4.79 Å². The van der Waals surface area contributed by atoms with E-state index in [0.29, 0.717) is 5.69 Å². The zero-order chi connectivity index (χ0) is 15.5. The molecule has 2 atom stereocenters. The van der Waals surface area contributed by atoms with Crippen LogP contribution >= 0.6 is 0 Å². The smallest absolute Gasteiger partial charge is 0.227 e. The second kappa shape index (κ2) is 6.23. The molecular weight excluding hydrogens is 276 g/mol. The molecule has 1 aliphatic heterocycles. The zero-order valence-corrected chi connectivity index (χ0v) is 12.6. The Balaban J connectivity index is 2.09. The van der Waals surface area contributed by atoms with Gasteiger partial charge in [-0.15, -0.1) is 0 Å². The Labute approximate surface area is 129 Å². The Morgan fingerprint density at radius 2 is 2.05 bits per heavy atom. The van der Waals surface area contributed by atoms with Gasteiger partial charge in [-0.3, -0.25) is 4.79 Å². The van der Waals surface area contributed by atoms with Gasteiger partial charge < -0.3 is 11.1 Å². The molecule has 1 aliphatic rings. The van der Waals surface area contributed by atoms with E-state index in [9.17, 15) is 4.79 Å². The third-order valence-electron chi connectivity index (χ3n) is 4.21. The molecule has 0 aliphatic carbocycles. The predicted octanol–water partition coefficient (Wildman–Crippen LogP) is 2.90. The van der Waals surface area contributed by atoms with Crippen molar-refractivity contribution in [2.75, 3.05) is 5.32 Å². The molecular formula is C17H20N4O. The molecule has 0 fully saturated rings. The van der Waals surface area contributed by atoms with Crippen molar-refractivity contribution in [2.24, 2.45) is 11.7 Å². The molecule has 1 amide bonds. The fourth-order valence-electron chi connectivity index (χ4n) is 2.79. The normalized spacial score (nSPS) is 22.0. The summed E-state index contributed by atoms with van der Waals surface area (Å²) in [6, 6.07) is 8.11. The highest BCUT2D eigenvalue weighted by molar-refractivity contribution is 5.96. The molecule has 0 unspecified atom stereocenters. The number of nitrogens with zero attached hydrogens (tertiary/aromatic N) is 2. The first-order valence-electron chi connectivity index (χ1n) is 7.62. The molecule has 3 N–H and O–H groups in total. The number of anilines is 1. The number of nitrogens with two attached hydrogens (primary N) is 1. The molecule has 5 nitrogen and oxygen atoms in total. The molecule has 5 heteroatoms. The van der Waals surface area contributed by atoms with Gasteiger partial charge in [-0.25, -0.2) is 0 Å². The summed E-state index contributed by atoms with van der Waals surface area (Å²) in [5.41, 5.74) is 9.95. The lowest BCUT2D eigenvalue weighted by atomic mass is 9.94. The number of aromatic nitrogens is 2. The number of rotatable bonds is 0. The van der Waals surface area contributed by atoms with Gasteiger partial charge in [0, 0.05) is 17.5 Å². The van der Waals surface area contributed by atoms with E-state index in [1.807, 2.05) is 19.1 Å². The maximum atomic E-state index is 12.3. The number of carbonyl (C=O) groups excluding carboxylic acids is 1. The van der Waals surface area contributed by atoms with Crippen LogP contribution in [0.2, 0.25) is 0 Å². The highest BCUT2D eigenvalue weighted by Gasteiger charge is 2.18. The van der Waals surface area contributed by atoms with Crippen LogP contribution in [0.3, 0.4) is 0 Å². The number of carbonyl (C=O) groups is 1. The van der Waals surface area contributed by atoms with Crippen LogP contribution in [-0.2, 0) is 4.79 Å². The molecule has 2 aromatic rings. The highest BCUT2D eigenvalue weighted by Crippen LogP contribution is 2.30. The summed E-state index contributed by atoms with van der Waals surface area (Å²) < 4.78 is 0. The molecule has 114 valence electrons. The SMILES string of the molecule is C[C@@H]1CCC[C@H](N)c2cccc(c2)-c2cnncc2NC1=O. The van der Waals surface area contributed by atoms with E-state index in [1.54, 1.807) is 12.4 Å². The van der Waals surface area contributed by atoms with E-state index in [1.165, 1.54) is 0 Å². The minimum Gasteiger partial charge on any atom is -0.324 e. The first-order chi connectivity index (χ1) is 10.6. The average molecular weight is 296 g/mol. The topological polar surface area (TPSA) is 80.9 Å². The Kier molecular flexibility index (Phi) is 4.15. The summed E-state index contributed by atoms with van der Waals surface area (Å²) >= 11 is 0. The summed E-state index contributed by atoms with van der Waals surface area (Å²) in [5.74, 6) is -0.0365. The first kappa shape index (κ1) is 14.7. The average Bonchev–Trinajstić information content (AvgIpc) is 2.54. The third-order valence-corrected chi connectivity index (χ3v) is 4.21. The largest absolute Gasteiger partial charge is 0.324 e. The van der Waals surface area contributed by atoms with Crippen LogP contribution in [0.25, 0.3) is 11.1 Å². The van der Waals surface area contributed by atoms with Gasteiger partial charge in [0.2, 0.25) is 5.91 Å². The first-order valence-corrected chi connectivity index (χ1v) is 7.62. The van der Waals surface area contributed by atoms with Gasteiger partial charge in [-0.2, -0.15) is 10.2 Å². The molecule has 0 saturated carbocycles. The maximum absolute atomic E-state index is 12.3. The Morgan fingerprint density at radius 1 is 1.23 bits per heavy atom. The Hall–Kier alpha value is -2.27. The molecule has 1 aromatic heterocycles. The second-order valence-corrected chi connectivity index (χ2v) is 5.87. The predicted molar refractivity (Wildman–Crippen MR) is 86.0 cm³/mol. The lowest BCUT2D eigenvalue weighted by Gasteiger charge is -2.19. The minimum atomic E-state index is -0.0500. The summed E-state index contributed by atoms with van der Waals surface area (Å²) in [5, 5.41) is 10.8. The molecule has 3 rings (SSSR count). The monoisotopic (exact) mass is 296 g/mol. The summed E-state index contributed by atoms with van der Waals surface area (Å²) in [4.78, 5) is 12.3. The number of hydrogen-bond acceptors (Lipinski definition) is 4. The van der Waals surface area contributed by atoms with Crippen molar-refractivity contribution in [1.82, 2.24) is 10.2 Å². The number of hydrogen-bond donors (Lipinski definition) is 2. The lowest BCUT2D eigenvalue weighted by molar-refractivity contribution is -0.119. The van der Waals surface area contributed by atoms with Crippen LogP contribution in [0.4, 0.5) is 5.69 Å². The second-order valence-electron chi connectivity index (χ2n) is 5.87. The van der Waals surface area contributed by atoms with Gasteiger partial charge in [0.05, 0.1) is 18.1 Å². The van der Waals surface area contributed by atoms with E-state index in [2.05, 4.69) is 27.6 Å². The van der Waals surface area contributed by atoms with Gasteiger partial charge >= 0.3 is 0 Å². The third kappa shape index (κ3) is 2.99. The highest BCUT2D eigenvalue weighted by atomic mass is 16.1. The van der Waals surface area contributed by atoms with E-state index in [0.717, 1.165) is 36.0 Å².